The minimum absolute atomic E-state index is 0.119. The number of carbonyl (C=O) groups excluding carboxylic acids is 1. The van der Waals surface area contributed by atoms with Crippen LogP contribution in [-0.4, -0.2) is 35.2 Å². The zero-order chi connectivity index (χ0) is 19.5. The van der Waals surface area contributed by atoms with Gasteiger partial charge >= 0.3 is 0 Å². The van der Waals surface area contributed by atoms with Crippen molar-refractivity contribution in [2.24, 2.45) is 0 Å². The summed E-state index contributed by atoms with van der Waals surface area (Å²) >= 11 is 1.15. The molecule has 1 aliphatic rings. The molecule has 0 fully saturated rings. The van der Waals surface area contributed by atoms with E-state index in [-0.39, 0.29) is 29.5 Å². The van der Waals surface area contributed by atoms with Gasteiger partial charge in [-0.15, -0.1) is 10.2 Å². The number of aromatic nitrogens is 2. The number of ether oxygens (including phenoxy) is 2. The Bertz CT molecular complexity index is 993. The van der Waals surface area contributed by atoms with E-state index in [0.717, 1.165) is 11.8 Å². The minimum atomic E-state index is -0.344. The van der Waals surface area contributed by atoms with E-state index in [1.165, 1.54) is 12.1 Å². The lowest BCUT2D eigenvalue weighted by molar-refractivity contribution is -0.116. The first kappa shape index (κ1) is 18.3. The lowest BCUT2D eigenvalue weighted by atomic mass is 10.2. The van der Waals surface area contributed by atoms with Gasteiger partial charge in [-0.05, 0) is 49.4 Å². The van der Waals surface area contributed by atoms with Gasteiger partial charge in [0.05, 0.1) is 5.75 Å². The molecule has 4 rings (SSSR count). The van der Waals surface area contributed by atoms with Gasteiger partial charge in [0.2, 0.25) is 18.6 Å². The number of hydrogen-bond donors (Lipinski definition) is 0. The maximum absolute atomic E-state index is 13.1. The van der Waals surface area contributed by atoms with Crippen LogP contribution in [0.5, 0.6) is 11.5 Å². The van der Waals surface area contributed by atoms with Crippen LogP contribution < -0.4 is 14.4 Å². The second-order valence-electron chi connectivity index (χ2n) is 5.84. The first-order valence-electron chi connectivity index (χ1n) is 8.56. The first-order chi connectivity index (χ1) is 13.6. The summed E-state index contributed by atoms with van der Waals surface area (Å²) in [7, 11) is 0. The molecule has 0 atom stereocenters. The van der Waals surface area contributed by atoms with Crippen LogP contribution in [0.25, 0.3) is 11.5 Å². The smallest absolute Gasteiger partial charge is 0.277 e. The molecule has 0 aliphatic carbocycles. The van der Waals surface area contributed by atoms with E-state index >= 15 is 0 Å². The van der Waals surface area contributed by atoms with Crippen molar-refractivity contribution in [3.8, 4) is 23.0 Å². The lowest BCUT2D eigenvalue weighted by Gasteiger charge is -2.20. The number of rotatable bonds is 6. The van der Waals surface area contributed by atoms with Gasteiger partial charge in [0.15, 0.2) is 11.5 Å². The van der Waals surface area contributed by atoms with Crippen LogP contribution in [0.2, 0.25) is 0 Å². The van der Waals surface area contributed by atoms with E-state index in [9.17, 15) is 9.18 Å². The summed E-state index contributed by atoms with van der Waals surface area (Å²) in [5.74, 6) is 1.26. The predicted molar refractivity (Wildman–Crippen MR) is 101 cm³/mol. The number of anilines is 1. The SMILES string of the molecule is CCN(C(=O)CSc1nnc(-c2ccc3c(c2)OCO3)o1)c1ccc(F)cc1. The van der Waals surface area contributed by atoms with Gasteiger partial charge in [0.25, 0.3) is 5.22 Å². The quantitative estimate of drug-likeness (QED) is 0.582. The Balaban J connectivity index is 1.41. The highest BCUT2D eigenvalue weighted by atomic mass is 32.2. The fourth-order valence-corrected chi connectivity index (χ4v) is 3.38. The molecule has 0 saturated heterocycles. The molecule has 1 amide bonds. The average molecular weight is 401 g/mol. The maximum atomic E-state index is 13.1. The number of hydrogen-bond acceptors (Lipinski definition) is 7. The molecule has 1 aliphatic heterocycles. The number of carbonyl (C=O) groups is 1. The van der Waals surface area contributed by atoms with Crippen LogP contribution in [0.15, 0.2) is 52.1 Å². The standard InChI is InChI=1S/C19H16FN3O4S/c1-2-23(14-6-4-13(20)5-7-14)17(24)10-28-19-22-21-18(27-19)12-3-8-15-16(9-12)26-11-25-15/h3-9H,2,10-11H2,1H3. The van der Waals surface area contributed by atoms with E-state index in [0.29, 0.717) is 35.2 Å². The fourth-order valence-electron chi connectivity index (χ4n) is 2.74. The largest absolute Gasteiger partial charge is 0.454 e. The molecule has 0 N–H and O–H groups in total. The van der Waals surface area contributed by atoms with E-state index in [2.05, 4.69) is 10.2 Å². The van der Waals surface area contributed by atoms with E-state index < -0.39 is 0 Å². The number of benzene rings is 2. The molecule has 0 unspecified atom stereocenters. The van der Waals surface area contributed by atoms with Crippen molar-refractivity contribution in [1.82, 2.24) is 10.2 Å². The van der Waals surface area contributed by atoms with Crippen LogP contribution >= 0.6 is 11.8 Å². The van der Waals surface area contributed by atoms with Gasteiger partial charge in [-0.25, -0.2) is 4.39 Å². The molecule has 0 saturated carbocycles. The van der Waals surface area contributed by atoms with Crippen LogP contribution in [0, 0.1) is 5.82 Å². The third-order valence-corrected chi connectivity index (χ3v) is 4.90. The normalized spacial score (nSPS) is 12.2. The summed E-state index contributed by atoms with van der Waals surface area (Å²) in [6, 6.07) is 11.1. The molecule has 0 spiro atoms. The predicted octanol–water partition coefficient (Wildman–Crippen LogP) is 3.75. The van der Waals surface area contributed by atoms with Gasteiger partial charge in [-0.2, -0.15) is 0 Å². The van der Waals surface area contributed by atoms with Crippen LogP contribution in [0.4, 0.5) is 10.1 Å². The van der Waals surface area contributed by atoms with E-state index in [1.54, 1.807) is 35.2 Å². The number of fused-ring (bicyclic) bond motifs is 1. The summed E-state index contributed by atoms with van der Waals surface area (Å²) in [4.78, 5) is 14.1. The molecule has 0 bridgehead atoms. The Morgan fingerprint density at radius 3 is 2.71 bits per heavy atom. The van der Waals surface area contributed by atoms with E-state index in [1.807, 2.05) is 6.92 Å². The Morgan fingerprint density at radius 2 is 1.93 bits per heavy atom. The second-order valence-corrected chi connectivity index (χ2v) is 6.77. The number of halogens is 1. The Kier molecular flexibility index (Phi) is 5.16. The zero-order valence-electron chi connectivity index (χ0n) is 14.9. The van der Waals surface area contributed by atoms with Crippen molar-refractivity contribution in [1.29, 1.82) is 0 Å². The van der Waals surface area contributed by atoms with Gasteiger partial charge in [0.1, 0.15) is 5.82 Å². The highest BCUT2D eigenvalue weighted by Gasteiger charge is 2.19. The van der Waals surface area contributed by atoms with Crippen LogP contribution in [0.3, 0.4) is 0 Å². The number of thioether (sulfide) groups is 1. The molecule has 3 aromatic rings. The van der Waals surface area contributed by atoms with Gasteiger partial charge in [-0.3, -0.25) is 4.79 Å². The van der Waals surface area contributed by atoms with Crippen molar-refractivity contribution in [3.05, 3.63) is 48.3 Å². The van der Waals surface area contributed by atoms with Crippen LogP contribution in [0.1, 0.15) is 6.92 Å². The Morgan fingerprint density at radius 1 is 1.14 bits per heavy atom. The molecule has 2 aromatic carbocycles. The molecule has 7 nitrogen and oxygen atoms in total. The summed E-state index contributed by atoms with van der Waals surface area (Å²) in [6.07, 6.45) is 0. The highest BCUT2D eigenvalue weighted by molar-refractivity contribution is 7.99. The molecule has 2 heterocycles. The van der Waals surface area contributed by atoms with Crippen molar-refractivity contribution in [2.75, 3.05) is 24.0 Å². The molecule has 28 heavy (non-hydrogen) atoms. The summed E-state index contributed by atoms with van der Waals surface area (Å²) in [6.45, 7) is 2.52. The molecule has 144 valence electrons. The number of amides is 1. The van der Waals surface area contributed by atoms with E-state index in [4.69, 9.17) is 13.9 Å². The fraction of sp³-hybridized carbons (Fsp3) is 0.211. The summed E-state index contributed by atoms with van der Waals surface area (Å²) in [5, 5.41) is 8.29. The first-order valence-corrected chi connectivity index (χ1v) is 9.55. The minimum Gasteiger partial charge on any atom is -0.454 e. The molecule has 9 heteroatoms. The van der Waals surface area contributed by atoms with Gasteiger partial charge in [-0.1, -0.05) is 11.8 Å². The second kappa shape index (κ2) is 7.89. The third kappa shape index (κ3) is 3.79. The zero-order valence-corrected chi connectivity index (χ0v) is 15.7. The van der Waals surface area contributed by atoms with Crippen molar-refractivity contribution in [2.45, 2.75) is 12.1 Å². The van der Waals surface area contributed by atoms with Gasteiger partial charge in [0, 0.05) is 17.8 Å². The molecule has 1 aromatic heterocycles. The maximum Gasteiger partial charge on any atom is 0.277 e. The average Bonchev–Trinajstić information content (AvgIpc) is 3.37. The highest BCUT2D eigenvalue weighted by Crippen LogP contribution is 2.36. The third-order valence-electron chi connectivity index (χ3n) is 4.10. The van der Waals surface area contributed by atoms with Crippen molar-refractivity contribution >= 4 is 23.4 Å². The lowest BCUT2D eigenvalue weighted by Crippen LogP contribution is -2.32. The Hall–Kier alpha value is -3.07. The molecule has 0 radical (unpaired) electrons. The van der Waals surface area contributed by atoms with Gasteiger partial charge < -0.3 is 18.8 Å². The van der Waals surface area contributed by atoms with Crippen molar-refractivity contribution < 1.29 is 23.1 Å². The number of nitrogens with zero attached hydrogens (tertiary/aromatic N) is 3. The Labute approximate surface area is 164 Å². The molecular weight excluding hydrogens is 385 g/mol. The molecular formula is C19H16FN3O4S. The van der Waals surface area contributed by atoms with Crippen LogP contribution in [-0.2, 0) is 4.79 Å². The summed E-state index contributed by atoms with van der Waals surface area (Å²) < 4.78 is 29.4. The monoisotopic (exact) mass is 401 g/mol. The topological polar surface area (TPSA) is 77.7 Å². The summed E-state index contributed by atoms with van der Waals surface area (Å²) in [5.41, 5.74) is 1.34. The van der Waals surface area contributed by atoms with Crippen molar-refractivity contribution in [3.63, 3.8) is 0 Å².